The Hall–Kier alpha value is -1.52. The molecular weight excluding hydrogens is 192 g/mol. The lowest BCUT2D eigenvalue weighted by Crippen LogP contribution is -2.19. The van der Waals surface area contributed by atoms with Crippen LogP contribution in [-0.2, 0) is 0 Å². The molecule has 0 aromatic carbocycles. The van der Waals surface area contributed by atoms with Gasteiger partial charge in [-0.15, -0.1) is 0 Å². The Balaban J connectivity index is 1.95. The third-order valence-corrected chi connectivity index (χ3v) is 3.23. The van der Waals surface area contributed by atoms with E-state index in [1.54, 1.807) is 7.11 Å². The van der Waals surface area contributed by atoms with E-state index < -0.39 is 0 Å². The summed E-state index contributed by atoms with van der Waals surface area (Å²) in [5.41, 5.74) is 1.33. The van der Waals surface area contributed by atoms with Gasteiger partial charge in [0.25, 0.3) is 0 Å². The van der Waals surface area contributed by atoms with Crippen LogP contribution in [-0.4, -0.2) is 30.2 Å². The van der Waals surface area contributed by atoms with Gasteiger partial charge in [-0.25, -0.2) is 4.98 Å². The van der Waals surface area contributed by atoms with E-state index in [1.807, 2.05) is 0 Å². The number of anilines is 2. The Bertz CT molecular complexity index is 389. The molecule has 1 aromatic heterocycles. The van der Waals surface area contributed by atoms with Crippen molar-refractivity contribution in [2.75, 3.05) is 30.8 Å². The molecule has 1 aliphatic carbocycles. The monoisotopic (exact) mass is 206 g/mol. The van der Waals surface area contributed by atoms with Crippen LogP contribution in [0.1, 0.15) is 12.8 Å². The van der Waals surface area contributed by atoms with E-state index in [-0.39, 0.29) is 0 Å². The summed E-state index contributed by atoms with van der Waals surface area (Å²) in [5.74, 6) is 1.47. The maximum absolute atomic E-state index is 5.20. The molecule has 1 aromatic rings. The molecule has 1 saturated carbocycles. The molecule has 15 heavy (non-hydrogen) atoms. The highest BCUT2D eigenvalue weighted by Gasteiger charge is 2.44. The van der Waals surface area contributed by atoms with E-state index in [4.69, 9.17) is 4.74 Å². The number of aromatic nitrogens is 2. The normalized spacial score (nSPS) is 20.9. The molecule has 2 heterocycles. The lowest BCUT2D eigenvalue weighted by atomic mass is 10.1. The molecule has 1 spiro atoms. The van der Waals surface area contributed by atoms with E-state index in [1.165, 1.54) is 19.2 Å². The summed E-state index contributed by atoms with van der Waals surface area (Å²) in [6.45, 7) is 1.98. The van der Waals surface area contributed by atoms with Gasteiger partial charge in [0.2, 0.25) is 5.88 Å². The highest BCUT2D eigenvalue weighted by molar-refractivity contribution is 5.70. The molecule has 80 valence electrons. The Kier molecular flexibility index (Phi) is 1.74. The summed E-state index contributed by atoms with van der Waals surface area (Å²) in [6, 6.07) is 0. The zero-order chi connectivity index (χ0) is 10.3. The van der Waals surface area contributed by atoms with Gasteiger partial charge >= 0.3 is 0 Å². The van der Waals surface area contributed by atoms with Crippen LogP contribution in [0.15, 0.2) is 6.33 Å². The molecule has 2 aliphatic rings. The average molecular weight is 206 g/mol. The fourth-order valence-electron chi connectivity index (χ4n) is 1.96. The summed E-state index contributed by atoms with van der Waals surface area (Å²) in [5, 5.41) is 6.74. The molecule has 1 fully saturated rings. The standard InChI is InChI=1S/C10H14N4O/c1-15-9-7-8(13-6-14-9)12-5-10(2-3-10)4-11-7/h6,11H,2-5H2,1H3,(H,12,13,14). The second-order valence-corrected chi connectivity index (χ2v) is 4.31. The van der Waals surface area contributed by atoms with Crippen LogP contribution in [0.5, 0.6) is 5.88 Å². The molecule has 2 N–H and O–H groups in total. The van der Waals surface area contributed by atoms with Crippen LogP contribution in [0.25, 0.3) is 0 Å². The quantitative estimate of drug-likeness (QED) is 0.720. The van der Waals surface area contributed by atoms with Gasteiger partial charge in [0, 0.05) is 18.5 Å². The number of hydrogen-bond acceptors (Lipinski definition) is 5. The Morgan fingerprint density at radius 3 is 2.80 bits per heavy atom. The Labute approximate surface area is 88.3 Å². The number of ether oxygens (including phenoxy) is 1. The summed E-state index contributed by atoms with van der Waals surface area (Å²) < 4.78 is 5.20. The molecule has 5 heteroatoms. The number of nitrogens with one attached hydrogen (secondary N) is 2. The van der Waals surface area contributed by atoms with Crippen molar-refractivity contribution in [3.05, 3.63) is 6.33 Å². The number of rotatable bonds is 1. The smallest absolute Gasteiger partial charge is 0.242 e. The van der Waals surface area contributed by atoms with E-state index in [0.29, 0.717) is 11.3 Å². The lowest BCUT2D eigenvalue weighted by molar-refractivity contribution is 0.399. The van der Waals surface area contributed by atoms with Gasteiger partial charge in [0.15, 0.2) is 5.82 Å². The Morgan fingerprint density at radius 2 is 2.07 bits per heavy atom. The van der Waals surface area contributed by atoms with Crippen LogP contribution in [0, 0.1) is 5.41 Å². The molecule has 0 radical (unpaired) electrons. The van der Waals surface area contributed by atoms with Gasteiger partial charge < -0.3 is 15.4 Å². The summed E-state index contributed by atoms with van der Waals surface area (Å²) in [4.78, 5) is 8.30. The maximum Gasteiger partial charge on any atom is 0.242 e. The molecule has 0 bridgehead atoms. The fourth-order valence-corrected chi connectivity index (χ4v) is 1.96. The molecule has 3 rings (SSSR count). The number of fused-ring (bicyclic) bond motifs is 1. The Morgan fingerprint density at radius 1 is 1.27 bits per heavy atom. The zero-order valence-corrected chi connectivity index (χ0v) is 8.71. The topological polar surface area (TPSA) is 59.1 Å². The van der Waals surface area contributed by atoms with Crippen molar-refractivity contribution < 1.29 is 4.74 Å². The first-order valence-electron chi connectivity index (χ1n) is 5.20. The maximum atomic E-state index is 5.20. The van der Waals surface area contributed by atoms with Gasteiger partial charge in [-0.05, 0) is 12.8 Å². The molecule has 5 nitrogen and oxygen atoms in total. The third-order valence-electron chi connectivity index (χ3n) is 3.23. The zero-order valence-electron chi connectivity index (χ0n) is 8.71. The van der Waals surface area contributed by atoms with E-state index in [9.17, 15) is 0 Å². The fraction of sp³-hybridized carbons (Fsp3) is 0.600. The van der Waals surface area contributed by atoms with Crippen molar-refractivity contribution >= 4 is 11.5 Å². The van der Waals surface area contributed by atoms with Gasteiger partial charge in [0.05, 0.1) is 7.11 Å². The highest BCUT2D eigenvalue weighted by atomic mass is 16.5. The summed E-state index contributed by atoms with van der Waals surface area (Å²) in [6.07, 6.45) is 4.10. The third kappa shape index (κ3) is 1.38. The van der Waals surface area contributed by atoms with Gasteiger partial charge in [-0.2, -0.15) is 4.98 Å². The van der Waals surface area contributed by atoms with Crippen molar-refractivity contribution in [2.45, 2.75) is 12.8 Å². The molecule has 0 unspecified atom stereocenters. The summed E-state index contributed by atoms with van der Waals surface area (Å²) in [7, 11) is 1.63. The van der Waals surface area contributed by atoms with Crippen molar-refractivity contribution in [2.24, 2.45) is 5.41 Å². The van der Waals surface area contributed by atoms with Crippen LogP contribution >= 0.6 is 0 Å². The van der Waals surface area contributed by atoms with Crippen molar-refractivity contribution in [3.8, 4) is 5.88 Å². The second kappa shape index (κ2) is 2.98. The highest BCUT2D eigenvalue weighted by Crippen LogP contribution is 2.48. The predicted octanol–water partition coefficient (Wildman–Crippen LogP) is 1.10. The molecule has 1 aliphatic heterocycles. The molecular formula is C10H14N4O. The van der Waals surface area contributed by atoms with Gasteiger partial charge in [0.1, 0.15) is 12.0 Å². The van der Waals surface area contributed by atoms with Crippen LogP contribution in [0.2, 0.25) is 0 Å². The minimum atomic E-state index is 0.436. The van der Waals surface area contributed by atoms with Gasteiger partial charge in [-0.1, -0.05) is 0 Å². The first-order valence-corrected chi connectivity index (χ1v) is 5.20. The largest absolute Gasteiger partial charge is 0.479 e. The molecule has 0 atom stereocenters. The van der Waals surface area contributed by atoms with Crippen molar-refractivity contribution in [1.82, 2.24) is 9.97 Å². The molecule has 0 saturated heterocycles. The lowest BCUT2D eigenvalue weighted by Gasteiger charge is -2.11. The van der Waals surface area contributed by atoms with E-state index in [2.05, 4.69) is 20.6 Å². The van der Waals surface area contributed by atoms with Crippen LogP contribution in [0.4, 0.5) is 11.5 Å². The molecule has 0 amide bonds. The number of methoxy groups -OCH3 is 1. The second-order valence-electron chi connectivity index (χ2n) is 4.31. The first-order chi connectivity index (χ1) is 7.33. The van der Waals surface area contributed by atoms with E-state index >= 15 is 0 Å². The van der Waals surface area contributed by atoms with Crippen LogP contribution < -0.4 is 15.4 Å². The van der Waals surface area contributed by atoms with E-state index in [0.717, 1.165) is 24.6 Å². The number of hydrogen-bond donors (Lipinski definition) is 2. The van der Waals surface area contributed by atoms with Crippen molar-refractivity contribution in [1.29, 1.82) is 0 Å². The average Bonchev–Trinajstić information content (AvgIpc) is 3.07. The van der Waals surface area contributed by atoms with Crippen LogP contribution in [0.3, 0.4) is 0 Å². The predicted molar refractivity (Wildman–Crippen MR) is 57.2 cm³/mol. The number of nitrogens with zero attached hydrogens (tertiary/aromatic N) is 2. The SMILES string of the molecule is COc1ncnc2c1NCC1(CC1)CN2. The van der Waals surface area contributed by atoms with Crippen molar-refractivity contribution in [3.63, 3.8) is 0 Å². The minimum Gasteiger partial charge on any atom is -0.479 e. The first kappa shape index (κ1) is 8.76. The summed E-state index contributed by atoms with van der Waals surface area (Å²) >= 11 is 0. The van der Waals surface area contributed by atoms with Gasteiger partial charge in [-0.3, -0.25) is 0 Å². The minimum absolute atomic E-state index is 0.436.